The molecule has 0 aliphatic carbocycles. The molecule has 0 fully saturated rings. The zero-order chi connectivity index (χ0) is 12.9. The monoisotopic (exact) mass is 254 g/mol. The predicted molar refractivity (Wildman–Crippen MR) is 79.8 cm³/mol. The van der Waals surface area contributed by atoms with E-state index in [9.17, 15) is 4.79 Å². The Morgan fingerprint density at radius 1 is 0.944 bits per heavy atom. The maximum Gasteiger partial charge on any atom is 0.196 e. The van der Waals surface area contributed by atoms with E-state index in [4.69, 9.17) is 0 Å². The SMILES string of the molecule is Cc1cc2sc3ccccc3c(=O)c2c(C)c1C. The summed E-state index contributed by atoms with van der Waals surface area (Å²) in [7, 11) is 0. The van der Waals surface area contributed by atoms with Crippen molar-refractivity contribution in [1.29, 1.82) is 0 Å². The average molecular weight is 254 g/mol. The molecule has 0 saturated heterocycles. The van der Waals surface area contributed by atoms with Gasteiger partial charge in [0.2, 0.25) is 0 Å². The molecule has 1 aromatic heterocycles. The first-order valence-electron chi connectivity index (χ1n) is 6.02. The quantitative estimate of drug-likeness (QED) is 0.545. The van der Waals surface area contributed by atoms with Crippen molar-refractivity contribution in [2.45, 2.75) is 20.8 Å². The Morgan fingerprint density at radius 3 is 2.44 bits per heavy atom. The van der Waals surface area contributed by atoms with Gasteiger partial charge in [0.25, 0.3) is 0 Å². The summed E-state index contributed by atoms with van der Waals surface area (Å²) in [5.41, 5.74) is 3.77. The van der Waals surface area contributed by atoms with Crippen molar-refractivity contribution in [3.8, 4) is 0 Å². The van der Waals surface area contributed by atoms with E-state index in [2.05, 4.69) is 19.9 Å². The van der Waals surface area contributed by atoms with Crippen LogP contribution in [0.15, 0.2) is 35.1 Å². The summed E-state index contributed by atoms with van der Waals surface area (Å²) in [5.74, 6) is 0. The Bertz CT molecular complexity index is 828. The number of aryl methyl sites for hydroxylation is 2. The third-order valence-electron chi connectivity index (χ3n) is 3.70. The number of hydrogen-bond donors (Lipinski definition) is 0. The molecule has 0 aliphatic rings. The highest BCUT2D eigenvalue weighted by Gasteiger charge is 2.10. The molecular formula is C16H14OS. The first-order valence-corrected chi connectivity index (χ1v) is 6.83. The third kappa shape index (κ3) is 1.49. The molecular weight excluding hydrogens is 240 g/mol. The van der Waals surface area contributed by atoms with Crippen molar-refractivity contribution in [3.63, 3.8) is 0 Å². The molecule has 0 atom stereocenters. The minimum absolute atomic E-state index is 0.167. The van der Waals surface area contributed by atoms with Gasteiger partial charge in [-0.05, 0) is 55.7 Å². The van der Waals surface area contributed by atoms with Crippen LogP contribution < -0.4 is 5.43 Å². The predicted octanol–water partition coefficient (Wildman–Crippen LogP) is 4.34. The van der Waals surface area contributed by atoms with Gasteiger partial charge in [-0.3, -0.25) is 4.79 Å². The molecule has 0 radical (unpaired) electrons. The second kappa shape index (κ2) is 3.92. The minimum atomic E-state index is 0.167. The van der Waals surface area contributed by atoms with Crippen LogP contribution in [0, 0.1) is 20.8 Å². The highest BCUT2D eigenvalue weighted by Crippen LogP contribution is 2.29. The topological polar surface area (TPSA) is 17.1 Å². The van der Waals surface area contributed by atoms with Crippen LogP contribution in [0.5, 0.6) is 0 Å². The van der Waals surface area contributed by atoms with E-state index in [1.165, 1.54) is 11.1 Å². The summed E-state index contributed by atoms with van der Waals surface area (Å²) in [4.78, 5) is 12.6. The van der Waals surface area contributed by atoms with Gasteiger partial charge < -0.3 is 0 Å². The molecule has 3 rings (SSSR count). The van der Waals surface area contributed by atoms with Gasteiger partial charge in [-0.1, -0.05) is 12.1 Å². The zero-order valence-corrected chi connectivity index (χ0v) is 11.5. The molecule has 0 N–H and O–H groups in total. The zero-order valence-electron chi connectivity index (χ0n) is 10.7. The van der Waals surface area contributed by atoms with E-state index < -0.39 is 0 Å². The Kier molecular flexibility index (Phi) is 2.49. The second-order valence-electron chi connectivity index (χ2n) is 4.74. The van der Waals surface area contributed by atoms with E-state index in [0.29, 0.717) is 0 Å². The molecule has 3 aromatic rings. The first-order chi connectivity index (χ1) is 8.59. The Balaban J connectivity index is 2.65. The lowest BCUT2D eigenvalue weighted by molar-refractivity contribution is 1.30. The van der Waals surface area contributed by atoms with Crippen LogP contribution in [0.25, 0.3) is 20.2 Å². The van der Waals surface area contributed by atoms with Gasteiger partial charge in [0, 0.05) is 20.2 Å². The molecule has 0 spiro atoms. The normalized spacial score (nSPS) is 11.3. The van der Waals surface area contributed by atoms with Crippen molar-refractivity contribution in [2.75, 3.05) is 0 Å². The van der Waals surface area contributed by atoms with E-state index in [-0.39, 0.29) is 5.43 Å². The fourth-order valence-electron chi connectivity index (χ4n) is 2.40. The van der Waals surface area contributed by atoms with Crippen LogP contribution in [-0.2, 0) is 0 Å². The van der Waals surface area contributed by atoms with Crippen LogP contribution in [-0.4, -0.2) is 0 Å². The summed E-state index contributed by atoms with van der Waals surface area (Å²) in [6.07, 6.45) is 0. The minimum Gasteiger partial charge on any atom is -0.288 e. The summed E-state index contributed by atoms with van der Waals surface area (Å²) < 4.78 is 2.16. The van der Waals surface area contributed by atoms with Crippen molar-refractivity contribution >= 4 is 31.5 Å². The summed E-state index contributed by atoms with van der Waals surface area (Å²) in [5, 5.41) is 1.73. The second-order valence-corrected chi connectivity index (χ2v) is 5.83. The van der Waals surface area contributed by atoms with Gasteiger partial charge in [-0.25, -0.2) is 0 Å². The Labute approximate surface area is 110 Å². The van der Waals surface area contributed by atoms with Gasteiger partial charge in [-0.2, -0.15) is 0 Å². The molecule has 0 saturated carbocycles. The van der Waals surface area contributed by atoms with Crippen LogP contribution in [0.2, 0.25) is 0 Å². The fraction of sp³-hybridized carbons (Fsp3) is 0.188. The highest BCUT2D eigenvalue weighted by molar-refractivity contribution is 7.24. The molecule has 18 heavy (non-hydrogen) atoms. The average Bonchev–Trinajstić information content (AvgIpc) is 2.36. The standard InChI is InChI=1S/C16H14OS/c1-9-8-14-15(11(3)10(9)2)16(17)12-6-4-5-7-13(12)18-14/h4-8H,1-3H3. The highest BCUT2D eigenvalue weighted by atomic mass is 32.1. The molecule has 0 aliphatic heterocycles. The molecule has 2 aromatic carbocycles. The smallest absolute Gasteiger partial charge is 0.196 e. The number of rotatable bonds is 0. The van der Waals surface area contributed by atoms with Gasteiger partial charge in [-0.15, -0.1) is 11.3 Å². The molecule has 1 nitrogen and oxygen atoms in total. The van der Waals surface area contributed by atoms with E-state index in [1.54, 1.807) is 11.3 Å². The van der Waals surface area contributed by atoms with Crippen LogP contribution in [0.3, 0.4) is 0 Å². The maximum absolute atomic E-state index is 12.6. The van der Waals surface area contributed by atoms with E-state index in [0.717, 1.165) is 25.7 Å². The summed E-state index contributed by atoms with van der Waals surface area (Å²) in [6, 6.07) is 9.99. The van der Waals surface area contributed by atoms with Crippen LogP contribution in [0.1, 0.15) is 16.7 Å². The van der Waals surface area contributed by atoms with Gasteiger partial charge in [0.1, 0.15) is 0 Å². The number of hydrogen-bond acceptors (Lipinski definition) is 2. The molecule has 0 amide bonds. The van der Waals surface area contributed by atoms with Crippen molar-refractivity contribution in [1.82, 2.24) is 0 Å². The fourth-order valence-corrected chi connectivity index (χ4v) is 3.64. The van der Waals surface area contributed by atoms with Crippen molar-refractivity contribution < 1.29 is 0 Å². The van der Waals surface area contributed by atoms with Crippen LogP contribution >= 0.6 is 11.3 Å². The lowest BCUT2D eigenvalue weighted by Crippen LogP contribution is -2.04. The Morgan fingerprint density at radius 2 is 1.67 bits per heavy atom. The Hall–Kier alpha value is -1.67. The number of benzene rings is 2. The number of fused-ring (bicyclic) bond motifs is 2. The van der Waals surface area contributed by atoms with E-state index in [1.807, 2.05) is 31.2 Å². The molecule has 0 bridgehead atoms. The molecule has 1 heterocycles. The lowest BCUT2D eigenvalue weighted by Gasteiger charge is -2.09. The van der Waals surface area contributed by atoms with Crippen molar-refractivity contribution in [2.24, 2.45) is 0 Å². The molecule has 2 heteroatoms. The summed E-state index contributed by atoms with van der Waals surface area (Å²) >= 11 is 1.70. The first kappa shape index (κ1) is 11.4. The van der Waals surface area contributed by atoms with Gasteiger partial charge >= 0.3 is 0 Å². The van der Waals surface area contributed by atoms with E-state index >= 15 is 0 Å². The maximum atomic E-state index is 12.6. The summed E-state index contributed by atoms with van der Waals surface area (Å²) in [6.45, 7) is 6.24. The van der Waals surface area contributed by atoms with Crippen molar-refractivity contribution in [3.05, 3.63) is 57.2 Å². The van der Waals surface area contributed by atoms with Gasteiger partial charge in [0.05, 0.1) is 0 Å². The lowest BCUT2D eigenvalue weighted by atomic mass is 10.00. The molecule has 90 valence electrons. The molecule has 0 unspecified atom stereocenters. The largest absolute Gasteiger partial charge is 0.288 e. The van der Waals surface area contributed by atoms with Gasteiger partial charge in [0.15, 0.2) is 5.43 Å². The van der Waals surface area contributed by atoms with Crippen LogP contribution in [0.4, 0.5) is 0 Å². The third-order valence-corrected chi connectivity index (χ3v) is 4.82.